The molecule has 6 heteroatoms. The van der Waals surface area contributed by atoms with E-state index in [1.54, 1.807) is 0 Å². The third kappa shape index (κ3) is 1.10. The molecule has 0 fully saturated rings. The van der Waals surface area contributed by atoms with Crippen molar-refractivity contribution in [2.75, 3.05) is 0 Å². The van der Waals surface area contributed by atoms with Crippen molar-refractivity contribution in [3.05, 3.63) is 11.1 Å². The highest BCUT2D eigenvalue weighted by atomic mass is 35.5. The maximum atomic E-state index is 10.8. The molecule has 0 radical (unpaired) electrons. The number of nitrogens with zero attached hydrogens (tertiary/aromatic N) is 1. The quantitative estimate of drug-likeness (QED) is 0.506. The van der Waals surface area contributed by atoms with Gasteiger partial charge < -0.3 is 5.73 Å². The van der Waals surface area contributed by atoms with Crippen LogP contribution in [0, 0.1) is 0 Å². The van der Waals surface area contributed by atoms with Crippen LogP contribution in [0.2, 0.25) is 0 Å². The molecule has 1 aliphatic heterocycles. The van der Waals surface area contributed by atoms with Gasteiger partial charge in [0, 0.05) is 6.08 Å². The van der Waals surface area contributed by atoms with Gasteiger partial charge in [0.2, 0.25) is 0 Å². The SMILES string of the molecule is NC(=O)N1C(=O)C=C(Cl)C1=O. The Morgan fingerprint density at radius 2 is 2.09 bits per heavy atom. The molecule has 0 bridgehead atoms. The molecule has 0 aromatic carbocycles. The summed E-state index contributed by atoms with van der Waals surface area (Å²) in [6.07, 6.45) is 0.842. The summed E-state index contributed by atoms with van der Waals surface area (Å²) in [6, 6.07) is -1.12. The van der Waals surface area contributed by atoms with E-state index in [0.29, 0.717) is 0 Å². The summed E-state index contributed by atoms with van der Waals surface area (Å²) in [5, 5.41) is -0.297. The first-order valence-electron chi connectivity index (χ1n) is 2.59. The van der Waals surface area contributed by atoms with E-state index in [-0.39, 0.29) is 9.93 Å². The number of halogens is 1. The minimum atomic E-state index is -1.12. The van der Waals surface area contributed by atoms with Crippen molar-refractivity contribution < 1.29 is 14.4 Å². The molecule has 2 N–H and O–H groups in total. The number of imide groups is 3. The topological polar surface area (TPSA) is 80.5 Å². The fourth-order valence-corrected chi connectivity index (χ4v) is 0.828. The lowest BCUT2D eigenvalue weighted by Gasteiger charge is -2.06. The number of carbonyl (C=O) groups excluding carboxylic acids is 3. The fraction of sp³-hybridized carbons (Fsp3) is 0. The Morgan fingerprint density at radius 1 is 1.55 bits per heavy atom. The van der Waals surface area contributed by atoms with Gasteiger partial charge in [-0.1, -0.05) is 11.6 Å². The van der Waals surface area contributed by atoms with Crippen molar-refractivity contribution in [1.82, 2.24) is 4.90 Å². The van der Waals surface area contributed by atoms with E-state index >= 15 is 0 Å². The van der Waals surface area contributed by atoms with Crippen molar-refractivity contribution in [1.29, 1.82) is 0 Å². The van der Waals surface area contributed by atoms with Crippen LogP contribution in [-0.2, 0) is 9.59 Å². The molecule has 1 rings (SSSR count). The van der Waals surface area contributed by atoms with Crippen LogP contribution in [-0.4, -0.2) is 22.7 Å². The van der Waals surface area contributed by atoms with Gasteiger partial charge in [-0.2, -0.15) is 4.90 Å². The summed E-state index contributed by atoms with van der Waals surface area (Å²) in [5.74, 6) is -1.67. The zero-order chi connectivity index (χ0) is 8.59. The van der Waals surface area contributed by atoms with E-state index in [9.17, 15) is 14.4 Å². The molecule has 0 atom stereocenters. The molecule has 0 saturated carbocycles. The fourth-order valence-electron chi connectivity index (χ4n) is 0.650. The second-order valence-corrected chi connectivity index (χ2v) is 2.22. The molecule has 4 amide bonds. The third-order valence-corrected chi connectivity index (χ3v) is 1.37. The number of urea groups is 1. The van der Waals surface area contributed by atoms with Crippen LogP contribution in [0.15, 0.2) is 11.1 Å². The summed E-state index contributed by atoms with van der Waals surface area (Å²) in [4.78, 5) is 32.1. The Hall–Kier alpha value is -1.36. The van der Waals surface area contributed by atoms with Gasteiger partial charge in [0.1, 0.15) is 5.03 Å². The van der Waals surface area contributed by atoms with Gasteiger partial charge in [0.05, 0.1) is 0 Å². The lowest BCUT2D eigenvalue weighted by molar-refractivity contribution is -0.133. The van der Waals surface area contributed by atoms with Crippen LogP contribution in [0.3, 0.4) is 0 Å². The van der Waals surface area contributed by atoms with Crippen LogP contribution in [0.4, 0.5) is 4.79 Å². The first kappa shape index (κ1) is 7.74. The summed E-state index contributed by atoms with van der Waals surface area (Å²) in [5.41, 5.74) is 4.69. The van der Waals surface area contributed by atoms with Crippen molar-refractivity contribution >= 4 is 29.4 Å². The minimum absolute atomic E-state index is 0.266. The monoisotopic (exact) mass is 174 g/mol. The maximum absolute atomic E-state index is 10.8. The van der Waals surface area contributed by atoms with Crippen LogP contribution in [0.25, 0.3) is 0 Å². The number of primary amides is 1. The maximum Gasteiger partial charge on any atom is 0.329 e. The van der Waals surface area contributed by atoms with E-state index in [1.165, 1.54) is 0 Å². The normalized spacial score (nSPS) is 17.2. The highest BCUT2D eigenvalue weighted by Crippen LogP contribution is 2.15. The summed E-state index contributed by atoms with van der Waals surface area (Å²) >= 11 is 5.24. The zero-order valence-corrected chi connectivity index (χ0v) is 5.96. The molecule has 0 aromatic rings. The van der Waals surface area contributed by atoms with Crippen molar-refractivity contribution in [2.45, 2.75) is 0 Å². The van der Waals surface area contributed by atoms with E-state index in [0.717, 1.165) is 6.08 Å². The molecule has 0 aliphatic carbocycles. The Labute approximate surface area is 66.4 Å². The average Bonchev–Trinajstić information content (AvgIpc) is 2.07. The van der Waals surface area contributed by atoms with Gasteiger partial charge in [-0.25, -0.2) is 4.79 Å². The van der Waals surface area contributed by atoms with Gasteiger partial charge in [-0.05, 0) is 0 Å². The Morgan fingerprint density at radius 3 is 2.27 bits per heavy atom. The van der Waals surface area contributed by atoms with E-state index < -0.39 is 17.8 Å². The molecule has 0 saturated heterocycles. The molecule has 0 spiro atoms. The second-order valence-electron chi connectivity index (χ2n) is 1.81. The van der Waals surface area contributed by atoms with E-state index in [1.807, 2.05) is 0 Å². The molecular formula is C5H3ClN2O3. The molecular weight excluding hydrogens is 172 g/mol. The largest absolute Gasteiger partial charge is 0.351 e. The van der Waals surface area contributed by atoms with Gasteiger partial charge in [0.15, 0.2) is 0 Å². The highest BCUT2D eigenvalue weighted by Gasteiger charge is 2.33. The second kappa shape index (κ2) is 2.35. The third-order valence-electron chi connectivity index (χ3n) is 1.10. The summed E-state index contributed by atoms with van der Waals surface area (Å²) in [7, 11) is 0. The highest BCUT2D eigenvalue weighted by molar-refractivity contribution is 6.48. The molecule has 5 nitrogen and oxygen atoms in total. The van der Waals surface area contributed by atoms with Crippen molar-refractivity contribution in [2.24, 2.45) is 5.73 Å². The predicted octanol–water partition coefficient (Wildman–Crippen LogP) is -0.443. The van der Waals surface area contributed by atoms with Gasteiger partial charge in [-0.3, -0.25) is 9.59 Å². The van der Waals surface area contributed by atoms with E-state index in [4.69, 9.17) is 17.3 Å². The van der Waals surface area contributed by atoms with Crippen LogP contribution in [0.1, 0.15) is 0 Å². The van der Waals surface area contributed by atoms with Crippen LogP contribution < -0.4 is 5.73 Å². The van der Waals surface area contributed by atoms with Gasteiger partial charge >= 0.3 is 6.03 Å². The Balaban J connectivity index is 2.99. The number of amides is 4. The van der Waals surface area contributed by atoms with Crippen LogP contribution in [0.5, 0.6) is 0 Å². The van der Waals surface area contributed by atoms with Gasteiger partial charge in [-0.15, -0.1) is 0 Å². The lowest BCUT2D eigenvalue weighted by Crippen LogP contribution is -2.40. The molecule has 1 aliphatic rings. The molecule has 0 unspecified atom stereocenters. The number of carbonyl (C=O) groups is 3. The Bertz CT molecular complexity index is 283. The lowest BCUT2D eigenvalue weighted by atomic mass is 10.6. The molecule has 1 heterocycles. The van der Waals surface area contributed by atoms with Crippen molar-refractivity contribution in [3.8, 4) is 0 Å². The Kier molecular flexibility index (Phi) is 1.66. The minimum Gasteiger partial charge on any atom is -0.351 e. The summed E-state index contributed by atoms with van der Waals surface area (Å²) < 4.78 is 0. The van der Waals surface area contributed by atoms with Gasteiger partial charge in [0.25, 0.3) is 11.8 Å². The standard InChI is InChI=1S/C5H3ClN2O3/c6-2-1-3(9)8(4(2)10)5(7)11/h1H,(H2,7,11). The van der Waals surface area contributed by atoms with E-state index in [2.05, 4.69) is 0 Å². The predicted molar refractivity (Wildman–Crippen MR) is 35.4 cm³/mol. The molecule has 0 aromatic heterocycles. The zero-order valence-electron chi connectivity index (χ0n) is 5.20. The smallest absolute Gasteiger partial charge is 0.329 e. The van der Waals surface area contributed by atoms with Crippen molar-refractivity contribution in [3.63, 3.8) is 0 Å². The number of hydrogen-bond donors (Lipinski definition) is 1. The number of nitrogens with two attached hydrogens (primary N) is 1. The first-order chi connectivity index (χ1) is 5.04. The summed E-state index contributed by atoms with van der Waals surface area (Å²) in [6.45, 7) is 0. The molecule has 58 valence electrons. The van der Waals surface area contributed by atoms with Crippen LogP contribution >= 0.6 is 11.6 Å². The first-order valence-corrected chi connectivity index (χ1v) is 2.97. The average molecular weight is 175 g/mol. The number of rotatable bonds is 0. The molecule has 11 heavy (non-hydrogen) atoms. The number of hydrogen-bond acceptors (Lipinski definition) is 3.